The Hall–Kier alpha value is -4.12. The number of aromatic nitrogens is 2. The average molecular weight is 427 g/mol. The van der Waals surface area contributed by atoms with E-state index in [0.29, 0.717) is 42.2 Å². The molecule has 3 aromatic rings. The van der Waals surface area contributed by atoms with Crippen LogP contribution in [0.3, 0.4) is 0 Å². The van der Waals surface area contributed by atoms with Crippen LogP contribution in [0.1, 0.15) is 27.2 Å². The quantitative estimate of drug-likeness (QED) is 0.639. The Bertz CT molecular complexity index is 1240. The Labute approximate surface area is 185 Å². The smallest absolute Gasteiger partial charge is 0.275 e. The molecule has 0 aliphatic carbocycles. The van der Waals surface area contributed by atoms with Crippen LogP contribution in [0.4, 0.5) is 5.69 Å². The minimum absolute atomic E-state index is 0.104. The lowest BCUT2D eigenvalue weighted by Crippen LogP contribution is -2.54. The van der Waals surface area contributed by atoms with Crippen LogP contribution in [0.5, 0.6) is 5.75 Å². The highest BCUT2D eigenvalue weighted by atomic mass is 16.5. The number of carbonyl (C=O) groups excluding carboxylic acids is 2. The van der Waals surface area contributed by atoms with Crippen LogP contribution in [-0.4, -0.2) is 52.7 Å². The highest BCUT2D eigenvalue weighted by Crippen LogP contribution is 2.32. The first-order valence-corrected chi connectivity index (χ1v) is 10.4. The Morgan fingerprint density at radius 3 is 2.72 bits per heavy atom. The van der Waals surface area contributed by atoms with E-state index in [4.69, 9.17) is 10.00 Å². The van der Waals surface area contributed by atoms with Crippen molar-refractivity contribution in [2.24, 2.45) is 0 Å². The highest BCUT2D eigenvalue weighted by molar-refractivity contribution is 6.03. The van der Waals surface area contributed by atoms with Gasteiger partial charge in [-0.1, -0.05) is 24.3 Å². The van der Waals surface area contributed by atoms with Crippen LogP contribution < -0.4 is 9.64 Å². The fourth-order valence-corrected chi connectivity index (χ4v) is 4.22. The van der Waals surface area contributed by atoms with E-state index < -0.39 is 6.04 Å². The summed E-state index contributed by atoms with van der Waals surface area (Å²) in [5, 5.41) is 13.5. The van der Waals surface area contributed by atoms with Gasteiger partial charge in [0.2, 0.25) is 0 Å². The number of nitriles is 1. The molecule has 1 atom stereocenters. The van der Waals surface area contributed by atoms with Crippen molar-refractivity contribution in [3.63, 3.8) is 0 Å². The topological polar surface area (TPSA) is 91.5 Å². The third-order valence-corrected chi connectivity index (χ3v) is 5.97. The summed E-state index contributed by atoms with van der Waals surface area (Å²) in [6.45, 7) is 1.03. The number of ether oxygens (including phenoxy) is 1. The molecule has 0 bridgehead atoms. The van der Waals surface area contributed by atoms with Gasteiger partial charge in [0.05, 0.1) is 23.9 Å². The van der Waals surface area contributed by atoms with Crippen molar-refractivity contribution in [3.05, 3.63) is 77.1 Å². The molecule has 2 aliphatic heterocycles. The van der Waals surface area contributed by atoms with Crippen molar-refractivity contribution in [1.29, 1.82) is 5.26 Å². The van der Waals surface area contributed by atoms with Crippen molar-refractivity contribution < 1.29 is 14.3 Å². The minimum atomic E-state index is -0.711. The number of likely N-dealkylation sites (N-methyl/N-ethyl adjacent to an activating group) is 1. The van der Waals surface area contributed by atoms with Crippen LogP contribution >= 0.6 is 0 Å². The molecule has 1 aromatic heterocycles. The Kier molecular flexibility index (Phi) is 4.86. The van der Waals surface area contributed by atoms with Crippen LogP contribution in [0.15, 0.2) is 54.7 Å². The Morgan fingerprint density at radius 2 is 1.94 bits per heavy atom. The molecule has 0 saturated carbocycles. The zero-order valence-electron chi connectivity index (χ0n) is 17.6. The van der Waals surface area contributed by atoms with Crippen LogP contribution in [-0.2, 0) is 17.8 Å². The summed E-state index contributed by atoms with van der Waals surface area (Å²) in [4.78, 5) is 29.6. The summed E-state index contributed by atoms with van der Waals surface area (Å²) in [6.07, 6.45) is 2.51. The Balaban J connectivity index is 1.37. The van der Waals surface area contributed by atoms with Gasteiger partial charge in [-0.3, -0.25) is 14.3 Å². The van der Waals surface area contributed by atoms with Gasteiger partial charge in [0.25, 0.3) is 11.8 Å². The van der Waals surface area contributed by atoms with Gasteiger partial charge in [-0.25, -0.2) is 0 Å². The number of anilines is 1. The van der Waals surface area contributed by atoms with E-state index in [1.165, 1.54) is 0 Å². The summed E-state index contributed by atoms with van der Waals surface area (Å²) < 4.78 is 7.63. The van der Waals surface area contributed by atoms with Crippen molar-refractivity contribution in [2.45, 2.75) is 19.0 Å². The normalized spacial score (nSPS) is 17.8. The third-order valence-electron chi connectivity index (χ3n) is 5.97. The van der Waals surface area contributed by atoms with E-state index in [-0.39, 0.29) is 18.4 Å². The summed E-state index contributed by atoms with van der Waals surface area (Å²) in [7, 11) is 1.70. The maximum absolute atomic E-state index is 13.3. The van der Waals surface area contributed by atoms with Crippen LogP contribution in [0, 0.1) is 11.3 Å². The van der Waals surface area contributed by atoms with Crippen molar-refractivity contribution in [2.75, 3.05) is 25.1 Å². The fraction of sp³-hybridized carbons (Fsp3) is 0.250. The molecule has 0 fully saturated rings. The molecule has 3 heterocycles. The van der Waals surface area contributed by atoms with Gasteiger partial charge in [-0.2, -0.15) is 10.4 Å². The molecule has 0 saturated heterocycles. The molecule has 2 aliphatic rings. The van der Waals surface area contributed by atoms with Gasteiger partial charge in [0.15, 0.2) is 5.69 Å². The number of amides is 2. The number of rotatable bonds is 3. The third kappa shape index (κ3) is 3.38. The maximum Gasteiger partial charge on any atom is 0.275 e. The average Bonchev–Trinajstić information content (AvgIpc) is 3.18. The number of hydrogen-bond acceptors (Lipinski definition) is 5. The maximum atomic E-state index is 13.3. The van der Waals surface area contributed by atoms with Gasteiger partial charge in [-0.05, 0) is 36.2 Å². The number of benzene rings is 2. The molecular formula is C24H21N5O3. The van der Waals surface area contributed by atoms with Crippen molar-refractivity contribution >= 4 is 17.5 Å². The monoisotopic (exact) mass is 427 g/mol. The van der Waals surface area contributed by atoms with E-state index in [9.17, 15) is 9.59 Å². The lowest BCUT2D eigenvalue weighted by molar-refractivity contribution is -0.123. The van der Waals surface area contributed by atoms with Gasteiger partial charge < -0.3 is 14.5 Å². The molecule has 8 nitrogen and oxygen atoms in total. The molecule has 0 unspecified atom stereocenters. The Morgan fingerprint density at radius 1 is 1.16 bits per heavy atom. The van der Waals surface area contributed by atoms with Gasteiger partial charge in [0.1, 0.15) is 18.4 Å². The molecule has 8 heteroatoms. The molecule has 0 N–H and O–H groups in total. The largest absolute Gasteiger partial charge is 0.489 e. The van der Waals surface area contributed by atoms with E-state index in [1.54, 1.807) is 33.7 Å². The lowest BCUT2D eigenvalue weighted by atomic mass is 10.0. The second-order valence-corrected chi connectivity index (χ2v) is 7.95. The number of hydrogen-bond donors (Lipinski definition) is 0. The SMILES string of the molecule is CN1C(=O)[C@@H](N2CCc3cn(Cc4ccc(C#N)cc4)nc3C2=O)COc2ccccc21. The fourth-order valence-electron chi connectivity index (χ4n) is 4.22. The molecule has 5 rings (SSSR count). The summed E-state index contributed by atoms with van der Waals surface area (Å²) in [5.74, 6) is 0.192. The highest BCUT2D eigenvalue weighted by Gasteiger charge is 2.39. The summed E-state index contributed by atoms with van der Waals surface area (Å²) in [5.41, 5.74) is 3.53. The minimum Gasteiger partial charge on any atom is -0.489 e. The van der Waals surface area contributed by atoms with Crippen molar-refractivity contribution in [1.82, 2.24) is 14.7 Å². The number of nitrogens with zero attached hydrogens (tertiary/aromatic N) is 5. The summed E-state index contributed by atoms with van der Waals surface area (Å²) in [6, 6.07) is 16.0. The zero-order valence-corrected chi connectivity index (χ0v) is 17.6. The van der Waals surface area contributed by atoms with Gasteiger partial charge >= 0.3 is 0 Å². The van der Waals surface area contributed by atoms with Crippen molar-refractivity contribution in [3.8, 4) is 11.8 Å². The molecule has 32 heavy (non-hydrogen) atoms. The number of fused-ring (bicyclic) bond motifs is 2. The van der Waals surface area contributed by atoms with E-state index >= 15 is 0 Å². The predicted octanol–water partition coefficient (Wildman–Crippen LogP) is 2.23. The van der Waals surface area contributed by atoms with E-state index in [2.05, 4.69) is 11.2 Å². The zero-order chi connectivity index (χ0) is 22.2. The molecule has 0 radical (unpaired) electrons. The molecule has 0 spiro atoms. The first-order valence-electron chi connectivity index (χ1n) is 10.4. The van der Waals surface area contributed by atoms with Gasteiger partial charge in [-0.15, -0.1) is 0 Å². The second kappa shape index (κ2) is 7.85. The molecule has 2 amide bonds. The predicted molar refractivity (Wildman–Crippen MR) is 116 cm³/mol. The molecule has 2 aromatic carbocycles. The van der Waals surface area contributed by atoms with Crippen LogP contribution in [0.25, 0.3) is 0 Å². The lowest BCUT2D eigenvalue weighted by Gasteiger charge is -2.33. The van der Waals surface area contributed by atoms with E-state index in [0.717, 1.165) is 11.1 Å². The number of para-hydroxylation sites is 2. The van der Waals surface area contributed by atoms with Gasteiger partial charge in [0, 0.05) is 25.4 Å². The van der Waals surface area contributed by atoms with E-state index in [1.807, 2.05) is 42.6 Å². The summed E-state index contributed by atoms with van der Waals surface area (Å²) >= 11 is 0. The second-order valence-electron chi connectivity index (χ2n) is 7.95. The molecular weight excluding hydrogens is 406 g/mol. The standard InChI is InChI=1S/C24H21N5O3/c1-27-19-4-2-3-5-21(19)32-15-20(23(27)30)29-11-10-18-14-28(26-22(18)24(29)31)13-17-8-6-16(12-25)7-9-17/h2-9,14,20H,10-11,13,15H2,1H3/t20-/m0/s1. The first-order chi connectivity index (χ1) is 15.5. The first kappa shape index (κ1) is 19.8. The number of carbonyl (C=O) groups is 2. The molecule has 160 valence electrons. The van der Waals surface area contributed by atoms with Crippen LogP contribution in [0.2, 0.25) is 0 Å².